The van der Waals surface area contributed by atoms with Crippen LogP contribution in [0.25, 0.3) is 11.1 Å². The minimum atomic E-state index is -4.51. The zero-order valence-corrected chi connectivity index (χ0v) is 19.4. The highest BCUT2D eigenvalue weighted by atomic mass is 32.2. The van der Waals surface area contributed by atoms with Crippen LogP contribution in [0.2, 0.25) is 0 Å². The van der Waals surface area contributed by atoms with E-state index in [2.05, 4.69) is 25.0 Å². The number of hydrogen-bond acceptors (Lipinski definition) is 7. The zero-order chi connectivity index (χ0) is 24.4. The van der Waals surface area contributed by atoms with Crippen LogP contribution in [0, 0.1) is 0 Å². The van der Waals surface area contributed by atoms with Crippen LogP contribution in [0.15, 0.2) is 42.2 Å². The molecular weight excluding hydrogens is 479 g/mol. The van der Waals surface area contributed by atoms with Gasteiger partial charge in [-0.3, -0.25) is 14.5 Å². The summed E-state index contributed by atoms with van der Waals surface area (Å²) >= 11 is 1.06. The SMILES string of the molecule is CCS(=O)(=O)Nc1nc(C(C)(C)C(=O)Nc2ccc(-c3cncc(C(F)(F)F)c3)cn2)cs1. The van der Waals surface area contributed by atoms with E-state index in [0.717, 1.165) is 23.6 Å². The molecule has 0 unspecified atom stereocenters. The number of hydrogen-bond donors (Lipinski definition) is 2. The summed E-state index contributed by atoms with van der Waals surface area (Å²) in [6, 6.07) is 3.96. The van der Waals surface area contributed by atoms with Gasteiger partial charge in [0.25, 0.3) is 0 Å². The Balaban J connectivity index is 1.73. The Morgan fingerprint density at radius 3 is 2.45 bits per heavy atom. The molecule has 0 bridgehead atoms. The van der Waals surface area contributed by atoms with Crippen molar-refractivity contribution < 1.29 is 26.4 Å². The molecule has 3 aromatic rings. The minimum absolute atomic E-state index is 0.107. The van der Waals surface area contributed by atoms with Gasteiger partial charge in [0.1, 0.15) is 5.82 Å². The van der Waals surface area contributed by atoms with E-state index in [0.29, 0.717) is 11.3 Å². The Bertz CT molecular complexity index is 1260. The molecule has 0 radical (unpaired) electrons. The number of pyridine rings is 2. The van der Waals surface area contributed by atoms with Gasteiger partial charge >= 0.3 is 6.18 Å². The average Bonchev–Trinajstić information content (AvgIpc) is 3.22. The maximum Gasteiger partial charge on any atom is 0.417 e. The van der Waals surface area contributed by atoms with Crippen molar-refractivity contribution in [1.29, 1.82) is 0 Å². The van der Waals surface area contributed by atoms with Crippen LogP contribution in [-0.4, -0.2) is 35.0 Å². The molecule has 0 aliphatic rings. The molecule has 176 valence electrons. The highest BCUT2D eigenvalue weighted by molar-refractivity contribution is 7.92. The van der Waals surface area contributed by atoms with Crippen molar-refractivity contribution in [2.24, 2.45) is 0 Å². The molecular formula is C20H20F3N5O3S2. The topological polar surface area (TPSA) is 114 Å². The summed E-state index contributed by atoms with van der Waals surface area (Å²) in [5.41, 5.74) is -0.982. The number of amides is 1. The first kappa shape index (κ1) is 24.6. The van der Waals surface area contributed by atoms with Gasteiger partial charge in [-0.15, -0.1) is 11.3 Å². The van der Waals surface area contributed by atoms with Gasteiger partial charge in [-0.25, -0.2) is 18.4 Å². The molecule has 0 saturated carbocycles. The third-order valence-electron chi connectivity index (χ3n) is 4.74. The second-order valence-corrected chi connectivity index (χ2v) is 10.4. The normalized spacial score (nSPS) is 12.4. The van der Waals surface area contributed by atoms with Gasteiger partial charge in [-0.1, -0.05) is 0 Å². The van der Waals surface area contributed by atoms with Crippen LogP contribution in [0.4, 0.5) is 24.1 Å². The monoisotopic (exact) mass is 499 g/mol. The van der Waals surface area contributed by atoms with E-state index in [1.807, 2.05) is 0 Å². The van der Waals surface area contributed by atoms with E-state index >= 15 is 0 Å². The first-order chi connectivity index (χ1) is 15.3. The summed E-state index contributed by atoms with van der Waals surface area (Å²) < 4.78 is 64.5. The average molecular weight is 500 g/mol. The fourth-order valence-corrected chi connectivity index (χ4v) is 4.34. The lowest BCUT2D eigenvalue weighted by molar-refractivity contribution is -0.137. The maximum atomic E-state index is 12.9. The lowest BCUT2D eigenvalue weighted by atomic mass is 9.89. The molecule has 2 N–H and O–H groups in total. The molecule has 0 aliphatic heterocycles. The van der Waals surface area contributed by atoms with E-state index < -0.39 is 33.1 Å². The van der Waals surface area contributed by atoms with Crippen LogP contribution >= 0.6 is 11.3 Å². The Morgan fingerprint density at radius 2 is 1.85 bits per heavy atom. The van der Waals surface area contributed by atoms with Crippen LogP contribution in [0.1, 0.15) is 32.0 Å². The van der Waals surface area contributed by atoms with E-state index in [9.17, 15) is 26.4 Å². The lowest BCUT2D eigenvalue weighted by Crippen LogP contribution is -2.35. The predicted octanol–water partition coefficient (Wildman–Crippen LogP) is 4.30. The molecule has 33 heavy (non-hydrogen) atoms. The number of carbonyl (C=O) groups is 1. The largest absolute Gasteiger partial charge is 0.417 e. The first-order valence-electron chi connectivity index (χ1n) is 9.58. The number of sulfonamides is 1. The van der Waals surface area contributed by atoms with Gasteiger partial charge in [-0.2, -0.15) is 13.2 Å². The van der Waals surface area contributed by atoms with Crippen molar-refractivity contribution >= 4 is 38.2 Å². The molecule has 1 amide bonds. The van der Waals surface area contributed by atoms with Crippen LogP contribution in [0.5, 0.6) is 0 Å². The lowest BCUT2D eigenvalue weighted by Gasteiger charge is -2.21. The van der Waals surface area contributed by atoms with Gasteiger partial charge in [0.05, 0.1) is 22.4 Å². The minimum Gasteiger partial charge on any atom is -0.310 e. The second-order valence-electron chi connectivity index (χ2n) is 7.51. The number of halogens is 3. The van der Waals surface area contributed by atoms with Gasteiger partial charge in [0, 0.05) is 35.1 Å². The number of aromatic nitrogens is 3. The Kier molecular flexibility index (Phi) is 6.75. The summed E-state index contributed by atoms with van der Waals surface area (Å²) in [5.74, 6) is -0.359. The summed E-state index contributed by atoms with van der Waals surface area (Å²) in [6.07, 6.45) is -1.15. The van der Waals surface area contributed by atoms with Crippen LogP contribution in [0.3, 0.4) is 0 Å². The van der Waals surface area contributed by atoms with Gasteiger partial charge < -0.3 is 5.32 Å². The third-order valence-corrected chi connectivity index (χ3v) is 6.89. The predicted molar refractivity (Wildman–Crippen MR) is 119 cm³/mol. The number of nitrogens with zero attached hydrogens (tertiary/aromatic N) is 3. The fourth-order valence-electron chi connectivity index (χ4n) is 2.59. The highest BCUT2D eigenvalue weighted by Gasteiger charge is 2.33. The highest BCUT2D eigenvalue weighted by Crippen LogP contribution is 2.32. The van der Waals surface area contributed by atoms with Crippen molar-refractivity contribution in [2.75, 3.05) is 15.8 Å². The standard InChI is InChI=1S/C20H20F3N5O3S2/c1-4-33(30,31)28-18-26-15(11-32-18)19(2,3)17(29)27-16-6-5-12(9-25-16)13-7-14(10-24-8-13)20(21,22)23/h5-11H,4H2,1-3H3,(H,26,28)(H,25,27,29). The summed E-state index contributed by atoms with van der Waals surface area (Å²) in [7, 11) is -3.49. The van der Waals surface area contributed by atoms with Crippen molar-refractivity contribution in [3.63, 3.8) is 0 Å². The Morgan fingerprint density at radius 1 is 1.12 bits per heavy atom. The summed E-state index contributed by atoms with van der Waals surface area (Å²) in [5, 5.41) is 4.39. The van der Waals surface area contributed by atoms with Gasteiger partial charge in [0.2, 0.25) is 15.9 Å². The number of alkyl halides is 3. The Labute approximate surface area is 192 Å². The smallest absolute Gasteiger partial charge is 0.310 e. The Hall–Kier alpha value is -3.06. The summed E-state index contributed by atoms with van der Waals surface area (Å²) in [4.78, 5) is 24.8. The number of rotatable bonds is 7. The van der Waals surface area contributed by atoms with E-state index in [4.69, 9.17) is 0 Å². The van der Waals surface area contributed by atoms with Crippen molar-refractivity contribution in [1.82, 2.24) is 15.0 Å². The van der Waals surface area contributed by atoms with Crippen molar-refractivity contribution in [3.05, 3.63) is 53.4 Å². The van der Waals surface area contributed by atoms with Gasteiger partial charge in [0.15, 0.2) is 5.13 Å². The number of nitrogens with one attached hydrogen (secondary N) is 2. The fraction of sp³-hybridized carbons (Fsp3) is 0.300. The molecule has 3 aromatic heterocycles. The molecule has 0 fully saturated rings. The molecule has 3 rings (SSSR count). The molecule has 0 aromatic carbocycles. The van der Waals surface area contributed by atoms with Crippen LogP contribution in [-0.2, 0) is 26.4 Å². The quantitative estimate of drug-likeness (QED) is 0.501. The molecule has 0 spiro atoms. The van der Waals surface area contributed by atoms with E-state index in [-0.39, 0.29) is 22.3 Å². The molecule has 0 aliphatic carbocycles. The van der Waals surface area contributed by atoms with E-state index in [1.165, 1.54) is 31.5 Å². The third kappa shape index (κ3) is 5.85. The van der Waals surface area contributed by atoms with E-state index in [1.54, 1.807) is 19.2 Å². The molecule has 0 atom stereocenters. The van der Waals surface area contributed by atoms with Crippen LogP contribution < -0.4 is 10.0 Å². The molecule has 8 nitrogen and oxygen atoms in total. The number of thiazole rings is 1. The second kappa shape index (κ2) is 9.06. The molecule has 3 heterocycles. The summed E-state index contributed by atoms with van der Waals surface area (Å²) in [6.45, 7) is 4.74. The molecule has 0 saturated heterocycles. The number of carbonyl (C=O) groups excluding carboxylic acids is 1. The zero-order valence-electron chi connectivity index (χ0n) is 17.8. The maximum absolute atomic E-state index is 12.9. The number of anilines is 2. The van der Waals surface area contributed by atoms with Gasteiger partial charge in [-0.05, 0) is 39.0 Å². The van der Waals surface area contributed by atoms with Crippen molar-refractivity contribution in [2.45, 2.75) is 32.4 Å². The molecule has 13 heteroatoms. The first-order valence-corrected chi connectivity index (χ1v) is 12.1. The van der Waals surface area contributed by atoms with Crippen molar-refractivity contribution in [3.8, 4) is 11.1 Å².